The van der Waals surface area contributed by atoms with Crippen LogP contribution in [0, 0.1) is 6.92 Å². The average molecular weight is 400 g/mol. The molecule has 152 valence electrons. The number of aromatic amines is 1. The number of nitrogens with zero attached hydrogens (tertiary/aromatic N) is 4. The fourth-order valence-corrected chi connectivity index (χ4v) is 4.09. The molecule has 0 amide bonds. The number of fused-ring (bicyclic) bond motifs is 3. The van der Waals surface area contributed by atoms with Crippen molar-refractivity contribution in [3.63, 3.8) is 0 Å². The third-order valence-corrected chi connectivity index (χ3v) is 5.75. The molecular weight excluding hydrogens is 376 g/mol. The number of hydrogen-bond acceptors (Lipinski definition) is 6. The molecular formula is C23H24N6O. The van der Waals surface area contributed by atoms with Crippen molar-refractivity contribution in [2.24, 2.45) is 0 Å². The Labute approximate surface area is 174 Å². The fraction of sp³-hybridized carbons (Fsp3) is 0.261. The van der Waals surface area contributed by atoms with Gasteiger partial charge in [-0.05, 0) is 43.3 Å². The van der Waals surface area contributed by atoms with Gasteiger partial charge in [-0.3, -0.25) is 10.00 Å². The van der Waals surface area contributed by atoms with E-state index in [9.17, 15) is 4.79 Å². The molecule has 0 aliphatic carbocycles. The third kappa shape index (κ3) is 3.48. The minimum atomic E-state index is 0.525. The quantitative estimate of drug-likeness (QED) is 0.500. The van der Waals surface area contributed by atoms with Crippen LogP contribution < -0.4 is 10.2 Å². The van der Waals surface area contributed by atoms with Crippen LogP contribution in [0.5, 0.6) is 0 Å². The van der Waals surface area contributed by atoms with Crippen molar-refractivity contribution in [3.05, 3.63) is 54.2 Å². The van der Waals surface area contributed by atoms with E-state index in [1.54, 1.807) is 0 Å². The van der Waals surface area contributed by atoms with Gasteiger partial charge >= 0.3 is 0 Å². The number of hydrogen-bond donors (Lipinski definition) is 2. The number of aryl methyl sites for hydroxylation is 1. The summed E-state index contributed by atoms with van der Waals surface area (Å²) in [6.07, 6.45) is 2.84. The standard InChI is InChI=1S/C23H24N6O/c1-16-2-7-21-19(14-16)20-15-24-27-22(20)23(26-21)25-17-3-5-18(6-4-17)29-10-8-28(9-11-29)12-13-30/h2-7,13-15H,8-12H2,1H3,(H,24,27)(H,25,26). The smallest absolute Gasteiger partial charge is 0.157 e. The van der Waals surface area contributed by atoms with E-state index in [1.807, 2.05) is 6.20 Å². The maximum atomic E-state index is 10.7. The van der Waals surface area contributed by atoms with Gasteiger partial charge in [0, 0.05) is 48.3 Å². The molecule has 5 rings (SSSR count). The minimum Gasteiger partial charge on any atom is -0.369 e. The summed E-state index contributed by atoms with van der Waals surface area (Å²) in [6.45, 7) is 6.30. The van der Waals surface area contributed by atoms with E-state index in [-0.39, 0.29) is 0 Å². The maximum absolute atomic E-state index is 10.7. The van der Waals surface area contributed by atoms with Crippen LogP contribution in [0.2, 0.25) is 0 Å². The van der Waals surface area contributed by atoms with E-state index in [1.165, 1.54) is 11.3 Å². The van der Waals surface area contributed by atoms with Crippen LogP contribution in [-0.4, -0.2) is 59.1 Å². The number of anilines is 3. The number of benzene rings is 2. The average Bonchev–Trinajstić information content (AvgIpc) is 3.26. The summed E-state index contributed by atoms with van der Waals surface area (Å²) >= 11 is 0. The van der Waals surface area contributed by atoms with Crippen LogP contribution in [0.3, 0.4) is 0 Å². The Hall–Kier alpha value is -3.45. The van der Waals surface area contributed by atoms with Crippen LogP contribution in [-0.2, 0) is 4.79 Å². The van der Waals surface area contributed by atoms with Crippen molar-refractivity contribution in [3.8, 4) is 0 Å². The molecule has 3 heterocycles. The van der Waals surface area contributed by atoms with E-state index in [0.717, 1.165) is 65.8 Å². The van der Waals surface area contributed by atoms with E-state index >= 15 is 0 Å². The van der Waals surface area contributed by atoms with Crippen molar-refractivity contribution in [1.82, 2.24) is 20.1 Å². The number of pyridine rings is 1. The molecule has 0 unspecified atom stereocenters. The first-order valence-corrected chi connectivity index (χ1v) is 10.2. The van der Waals surface area contributed by atoms with Crippen LogP contribution in [0.15, 0.2) is 48.7 Å². The molecule has 7 heteroatoms. The van der Waals surface area contributed by atoms with Gasteiger partial charge in [-0.25, -0.2) is 4.98 Å². The molecule has 2 N–H and O–H groups in total. The van der Waals surface area contributed by atoms with Gasteiger partial charge in [0.1, 0.15) is 11.8 Å². The lowest BCUT2D eigenvalue weighted by Crippen LogP contribution is -2.46. The largest absolute Gasteiger partial charge is 0.369 e. The first-order chi connectivity index (χ1) is 14.7. The second-order valence-corrected chi connectivity index (χ2v) is 7.77. The minimum absolute atomic E-state index is 0.525. The summed E-state index contributed by atoms with van der Waals surface area (Å²) in [5.41, 5.74) is 5.23. The Balaban J connectivity index is 1.37. The highest BCUT2D eigenvalue weighted by Crippen LogP contribution is 2.30. The number of piperazine rings is 1. The summed E-state index contributed by atoms with van der Waals surface area (Å²) in [6, 6.07) is 14.7. The van der Waals surface area contributed by atoms with E-state index in [4.69, 9.17) is 4.98 Å². The molecule has 1 aliphatic heterocycles. The van der Waals surface area contributed by atoms with Crippen LogP contribution in [0.4, 0.5) is 17.2 Å². The fourth-order valence-electron chi connectivity index (χ4n) is 4.09. The highest BCUT2D eigenvalue weighted by Gasteiger charge is 2.17. The van der Waals surface area contributed by atoms with E-state index in [0.29, 0.717) is 6.54 Å². The lowest BCUT2D eigenvalue weighted by Gasteiger charge is -2.35. The Morgan fingerprint density at radius 2 is 1.87 bits per heavy atom. The van der Waals surface area contributed by atoms with E-state index < -0.39 is 0 Å². The molecule has 2 aromatic heterocycles. The molecule has 30 heavy (non-hydrogen) atoms. The number of carbonyl (C=O) groups is 1. The maximum Gasteiger partial charge on any atom is 0.157 e. The normalized spacial score (nSPS) is 15.0. The molecule has 0 bridgehead atoms. The van der Waals surface area contributed by atoms with Gasteiger partial charge in [-0.2, -0.15) is 5.10 Å². The number of H-pyrrole nitrogens is 1. The molecule has 1 fully saturated rings. The first-order valence-electron chi connectivity index (χ1n) is 10.2. The number of carbonyl (C=O) groups excluding carboxylic acids is 1. The van der Waals surface area contributed by atoms with Crippen molar-refractivity contribution in [1.29, 1.82) is 0 Å². The van der Waals surface area contributed by atoms with Gasteiger partial charge in [-0.1, -0.05) is 11.6 Å². The van der Waals surface area contributed by atoms with Gasteiger partial charge in [0.05, 0.1) is 18.3 Å². The molecule has 4 aromatic rings. The number of aldehydes is 1. The van der Waals surface area contributed by atoms with Gasteiger partial charge < -0.3 is 15.0 Å². The Kier molecular flexibility index (Phi) is 4.80. The molecule has 0 radical (unpaired) electrons. The zero-order valence-electron chi connectivity index (χ0n) is 16.9. The van der Waals surface area contributed by atoms with E-state index in [2.05, 4.69) is 74.7 Å². The van der Waals surface area contributed by atoms with Crippen LogP contribution in [0.25, 0.3) is 21.8 Å². The van der Waals surface area contributed by atoms with Gasteiger partial charge in [0.2, 0.25) is 0 Å². The van der Waals surface area contributed by atoms with Gasteiger partial charge in [0.25, 0.3) is 0 Å². The molecule has 2 aromatic carbocycles. The van der Waals surface area contributed by atoms with Crippen LogP contribution in [0.1, 0.15) is 5.56 Å². The predicted octanol–water partition coefficient (Wildman–Crippen LogP) is 3.48. The highest BCUT2D eigenvalue weighted by atomic mass is 16.1. The van der Waals surface area contributed by atoms with Crippen molar-refractivity contribution >= 4 is 45.3 Å². The predicted molar refractivity (Wildman–Crippen MR) is 121 cm³/mol. The zero-order chi connectivity index (χ0) is 20.5. The topological polar surface area (TPSA) is 77.2 Å². The lowest BCUT2D eigenvalue weighted by atomic mass is 10.1. The Morgan fingerprint density at radius 3 is 2.63 bits per heavy atom. The highest BCUT2D eigenvalue weighted by molar-refractivity contribution is 6.08. The zero-order valence-corrected chi connectivity index (χ0v) is 16.9. The number of aromatic nitrogens is 3. The molecule has 7 nitrogen and oxygen atoms in total. The molecule has 0 atom stereocenters. The summed E-state index contributed by atoms with van der Waals surface area (Å²) < 4.78 is 0. The monoisotopic (exact) mass is 400 g/mol. The summed E-state index contributed by atoms with van der Waals surface area (Å²) in [4.78, 5) is 20.1. The summed E-state index contributed by atoms with van der Waals surface area (Å²) in [5.74, 6) is 0.772. The molecule has 1 saturated heterocycles. The number of nitrogens with one attached hydrogen (secondary N) is 2. The Morgan fingerprint density at radius 1 is 1.07 bits per heavy atom. The first kappa shape index (κ1) is 18.6. The van der Waals surface area contributed by atoms with Crippen molar-refractivity contribution < 1.29 is 4.79 Å². The van der Waals surface area contributed by atoms with Crippen molar-refractivity contribution in [2.75, 3.05) is 42.9 Å². The Bertz CT molecular complexity index is 1190. The summed E-state index contributed by atoms with van der Waals surface area (Å²) in [5, 5.41) is 12.9. The second-order valence-electron chi connectivity index (χ2n) is 7.77. The van der Waals surface area contributed by atoms with Gasteiger partial charge in [-0.15, -0.1) is 0 Å². The summed E-state index contributed by atoms with van der Waals surface area (Å²) in [7, 11) is 0. The number of rotatable bonds is 5. The second kappa shape index (κ2) is 7.76. The third-order valence-electron chi connectivity index (χ3n) is 5.75. The SMILES string of the molecule is Cc1ccc2nc(Nc3ccc(N4CCN(CC=O)CC4)cc3)c3[nH]ncc3c2c1. The molecule has 0 spiro atoms. The molecule has 0 saturated carbocycles. The van der Waals surface area contributed by atoms with Gasteiger partial charge in [0.15, 0.2) is 5.82 Å². The van der Waals surface area contributed by atoms with Crippen molar-refractivity contribution in [2.45, 2.75) is 6.92 Å². The molecule has 1 aliphatic rings. The lowest BCUT2D eigenvalue weighted by molar-refractivity contribution is -0.108. The van der Waals surface area contributed by atoms with Crippen LogP contribution >= 0.6 is 0 Å².